The number of aliphatic carboxylic acids is 1. The van der Waals surface area contributed by atoms with Crippen molar-refractivity contribution in [2.75, 3.05) is 19.8 Å². The first-order chi connectivity index (χ1) is 24.8. The molecule has 52 heavy (non-hydrogen) atoms. The van der Waals surface area contributed by atoms with Crippen LogP contribution in [0.3, 0.4) is 0 Å². The molecule has 0 saturated carbocycles. The van der Waals surface area contributed by atoms with Crippen LogP contribution in [0.2, 0.25) is 0 Å². The Morgan fingerprint density at radius 1 is 0.481 bits per heavy atom. The lowest BCUT2D eigenvalue weighted by atomic mass is 9.96. The highest BCUT2D eigenvalue weighted by atomic mass is 16.8. The van der Waals surface area contributed by atoms with Crippen molar-refractivity contribution in [2.24, 2.45) is 0 Å². The number of carboxylic acids is 1. The Bertz CT molecular complexity index is 942. The summed E-state index contributed by atoms with van der Waals surface area (Å²) in [5, 5.41) is 118. The molecule has 3 aliphatic rings. The van der Waals surface area contributed by atoms with E-state index in [1.54, 1.807) is 0 Å². The van der Waals surface area contributed by atoms with Crippen molar-refractivity contribution in [3.8, 4) is 0 Å². The Balaban J connectivity index is 0.000000442. The van der Waals surface area contributed by atoms with Crippen LogP contribution in [0.1, 0.15) is 96.8 Å². The molecule has 0 radical (unpaired) electrons. The summed E-state index contributed by atoms with van der Waals surface area (Å²) in [7, 11) is 0. The van der Waals surface area contributed by atoms with Crippen molar-refractivity contribution in [1.29, 1.82) is 0 Å². The van der Waals surface area contributed by atoms with E-state index >= 15 is 0 Å². The molecule has 18 nitrogen and oxygen atoms in total. The molecule has 0 amide bonds. The van der Waals surface area contributed by atoms with Crippen molar-refractivity contribution >= 4 is 5.97 Å². The first-order valence-electron chi connectivity index (χ1n) is 18.6. The summed E-state index contributed by atoms with van der Waals surface area (Å²) in [6, 6.07) is 0. The van der Waals surface area contributed by atoms with Crippen molar-refractivity contribution < 1.29 is 89.8 Å². The van der Waals surface area contributed by atoms with Gasteiger partial charge in [-0.1, -0.05) is 84.0 Å². The molecule has 0 aliphatic carbocycles. The van der Waals surface area contributed by atoms with E-state index in [-0.39, 0.29) is 0 Å². The first kappa shape index (κ1) is 47.0. The predicted octanol–water partition coefficient (Wildman–Crippen LogP) is -2.02. The van der Waals surface area contributed by atoms with E-state index in [2.05, 4.69) is 6.92 Å². The minimum absolute atomic E-state index is 0.345. The monoisotopic (exact) mass is 760 g/mol. The third-order valence-corrected chi connectivity index (χ3v) is 9.59. The highest BCUT2D eigenvalue weighted by Crippen LogP contribution is 2.32. The molecule has 0 aromatic rings. The molecule has 3 saturated heterocycles. The van der Waals surface area contributed by atoms with Gasteiger partial charge in [0.25, 0.3) is 0 Å². The van der Waals surface area contributed by atoms with Gasteiger partial charge >= 0.3 is 5.97 Å². The number of ether oxygens (including phenoxy) is 5. The second-order valence-electron chi connectivity index (χ2n) is 13.7. The molecule has 0 bridgehead atoms. The zero-order valence-electron chi connectivity index (χ0n) is 30.0. The number of carboxylic acid groups (broad SMARTS) is 1. The maximum atomic E-state index is 10.6. The number of carbonyl (C=O) groups is 1. The summed E-state index contributed by atoms with van der Waals surface area (Å²) in [6.45, 7) is -0.0608. The molecule has 308 valence electrons. The zero-order valence-corrected chi connectivity index (χ0v) is 30.0. The second kappa shape index (κ2) is 25.1. The van der Waals surface area contributed by atoms with Crippen molar-refractivity contribution in [3.05, 3.63) is 0 Å². The number of hydrogen-bond donors (Lipinski definition) is 12. The fourth-order valence-corrected chi connectivity index (χ4v) is 6.35. The van der Waals surface area contributed by atoms with E-state index in [9.17, 15) is 61.0 Å². The van der Waals surface area contributed by atoms with E-state index < -0.39 is 118 Å². The largest absolute Gasteiger partial charge is 0.481 e. The zero-order chi connectivity index (χ0) is 38.8. The molecule has 15 atom stereocenters. The van der Waals surface area contributed by atoms with E-state index in [1.165, 1.54) is 70.6 Å². The summed E-state index contributed by atoms with van der Waals surface area (Å²) in [5.74, 6) is -0.655. The van der Waals surface area contributed by atoms with Gasteiger partial charge in [0.15, 0.2) is 18.9 Å². The fraction of sp³-hybridized carbons (Fsp3) is 0.971. The van der Waals surface area contributed by atoms with Gasteiger partial charge < -0.3 is 85.0 Å². The van der Waals surface area contributed by atoms with Crippen LogP contribution >= 0.6 is 0 Å². The SMILES string of the molecule is CCCCCCCCCCCCCCCC(=O)O.OCC1OC(OC2C(CO)OC(OC3C(CO)OC(O)C(O)C3O)C(O)C2O)C(O)C(O)C1O. The van der Waals surface area contributed by atoms with Crippen molar-refractivity contribution in [3.63, 3.8) is 0 Å². The highest BCUT2D eigenvalue weighted by Gasteiger charge is 2.53. The molecule has 15 unspecified atom stereocenters. The minimum Gasteiger partial charge on any atom is -0.481 e. The van der Waals surface area contributed by atoms with E-state index in [0.717, 1.165) is 12.8 Å². The van der Waals surface area contributed by atoms with E-state index in [4.69, 9.17) is 28.8 Å². The highest BCUT2D eigenvalue weighted by molar-refractivity contribution is 5.66. The molecule has 0 aromatic carbocycles. The topological polar surface area (TPSA) is 306 Å². The van der Waals surface area contributed by atoms with E-state index in [1.807, 2.05) is 0 Å². The molecule has 18 heteroatoms. The smallest absolute Gasteiger partial charge is 0.303 e. The molecule has 3 rings (SSSR count). The van der Waals surface area contributed by atoms with Crippen LogP contribution < -0.4 is 0 Å². The van der Waals surface area contributed by atoms with Gasteiger partial charge in [-0.3, -0.25) is 4.79 Å². The Kier molecular flexibility index (Phi) is 22.7. The van der Waals surface area contributed by atoms with Crippen LogP contribution in [0.25, 0.3) is 0 Å². The standard InChI is InChI=1S/C18H32O16.C16H32O2/c19-1-4-7(22)8(23)12(27)17(31-4)34-15-6(3-21)32-18(13(28)10(15)25)33-14-5(2-20)30-16(29)11(26)9(14)24;1-2-3-4-5-6-7-8-9-10-11-12-13-14-15-16(17)18/h4-29H,1-3H2;2-15H2,1H3,(H,17,18). The Hall–Kier alpha value is -1.17. The summed E-state index contributed by atoms with van der Waals surface area (Å²) >= 11 is 0. The lowest BCUT2D eigenvalue weighted by Gasteiger charge is -2.47. The van der Waals surface area contributed by atoms with Crippen LogP contribution in [0, 0.1) is 0 Å². The summed E-state index contributed by atoms with van der Waals surface area (Å²) in [6.07, 6.45) is -7.87. The number of hydrogen-bond acceptors (Lipinski definition) is 17. The molecule has 3 heterocycles. The van der Waals surface area contributed by atoms with Gasteiger partial charge in [-0.2, -0.15) is 0 Å². The maximum absolute atomic E-state index is 10.6. The minimum atomic E-state index is -1.91. The van der Waals surface area contributed by atoms with Crippen LogP contribution in [-0.2, 0) is 28.5 Å². The number of aliphatic hydroxyl groups is 11. The third kappa shape index (κ3) is 14.5. The lowest BCUT2D eigenvalue weighted by Crippen LogP contribution is -2.66. The molecule has 12 N–H and O–H groups in total. The van der Waals surface area contributed by atoms with Crippen molar-refractivity contribution in [1.82, 2.24) is 0 Å². The van der Waals surface area contributed by atoms with Gasteiger partial charge in [0, 0.05) is 6.42 Å². The van der Waals surface area contributed by atoms with Gasteiger partial charge in [-0.25, -0.2) is 0 Å². The Labute approximate surface area is 304 Å². The Morgan fingerprint density at radius 2 is 0.865 bits per heavy atom. The maximum Gasteiger partial charge on any atom is 0.303 e. The normalized spacial score (nSPS) is 38.0. The first-order valence-corrected chi connectivity index (χ1v) is 18.6. The van der Waals surface area contributed by atoms with Crippen LogP contribution in [0.5, 0.6) is 0 Å². The average Bonchev–Trinajstić information content (AvgIpc) is 3.13. The third-order valence-electron chi connectivity index (χ3n) is 9.59. The second-order valence-corrected chi connectivity index (χ2v) is 13.7. The quantitative estimate of drug-likeness (QED) is 0.0562. The Morgan fingerprint density at radius 3 is 1.31 bits per heavy atom. The van der Waals surface area contributed by atoms with Gasteiger partial charge in [-0.15, -0.1) is 0 Å². The summed E-state index contributed by atoms with van der Waals surface area (Å²) < 4.78 is 26.4. The number of aliphatic hydroxyl groups excluding tert-OH is 11. The van der Waals surface area contributed by atoms with Crippen molar-refractivity contribution in [2.45, 2.75) is 189 Å². The van der Waals surface area contributed by atoms with Gasteiger partial charge in [0.05, 0.1) is 19.8 Å². The van der Waals surface area contributed by atoms with Gasteiger partial charge in [0.1, 0.15) is 73.2 Å². The average molecular weight is 761 g/mol. The molecular formula is C34H64O18. The summed E-state index contributed by atoms with van der Waals surface area (Å²) in [5.41, 5.74) is 0. The number of rotatable bonds is 21. The molecule has 3 aliphatic heterocycles. The number of unbranched alkanes of at least 4 members (excludes halogenated alkanes) is 12. The van der Waals surface area contributed by atoms with Gasteiger partial charge in [-0.05, 0) is 6.42 Å². The predicted molar refractivity (Wildman–Crippen MR) is 179 cm³/mol. The van der Waals surface area contributed by atoms with Crippen LogP contribution in [-0.4, -0.2) is 179 Å². The van der Waals surface area contributed by atoms with E-state index in [0.29, 0.717) is 6.42 Å². The van der Waals surface area contributed by atoms with Gasteiger partial charge in [0.2, 0.25) is 0 Å². The molecule has 0 spiro atoms. The van der Waals surface area contributed by atoms with Crippen LogP contribution in [0.4, 0.5) is 0 Å². The molecule has 0 aromatic heterocycles. The lowest BCUT2D eigenvalue weighted by molar-refractivity contribution is -0.377. The molecular weight excluding hydrogens is 696 g/mol. The fourth-order valence-electron chi connectivity index (χ4n) is 6.35. The van der Waals surface area contributed by atoms with Crippen LogP contribution in [0.15, 0.2) is 0 Å². The summed E-state index contributed by atoms with van der Waals surface area (Å²) in [4.78, 5) is 10.3. The molecule has 3 fully saturated rings.